The van der Waals surface area contributed by atoms with E-state index in [1.807, 2.05) is 84.9 Å². The molecule has 10 aromatic rings. The van der Waals surface area contributed by atoms with Crippen LogP contribution in [0.5, 0.6) is 0 Å². The fraction of sp³-hybridized carbons (Fsp3) is 0. The number of benzene rings is 8. The zero-order chi connectivity index (χ0) is 41.0. The van der Waals surface area contributed by atoms with E-state index in [1.165, 1.54) is 0 Å². The number of aromatic nitrogens is 4. The van der Waals surface area contributed by atoms with Crippen molar-refractivity contribution in [1.29, 1.82) is 0 Å². The Balaban J connectivity index is 1.42. The summed E-state index contributed by atoms with van der Waals surface area (Å²) in [5.41, 5.74) is 2.19. The lowest BCUT2D eigenvalue weighted by molar-refractivity contribution is 1.07. The van der Waals surface area contributed by atoms with Gasteiger partial charge in [-0.1, -0.05) is 145 Å². The van der Waals surface area contributed by atoms with Crippen LogP contribution in [-0.2, 0) is 0 Å². The third-order valence-electron chi connectivity index (χ3n) is 9.01. The summed E-state index contributed by atoms with van der Waals surface area (Å²) in [5, 5.41) is 7.80. The molecule has 2 heterocycles. The SMILES string of the molecule is [2H]c1c([2H])c([2H])c(-c2nc(-c3cc4c5ccccc5c5ccccc5c4cc3-n3c4ccccc4c4ccccc43)nc(-c3c([2H])c([2H])c([2H])c([2H])c3[2H])n2)c([2H])c1[2H]. The highest BCUT2D eigenvalue weighted by Gasteiger charge is 2.21. The van der Waals surface area contributed by atoms with E-state index in [0.717, 1.165) is 54.1 Å². The normalized spacial score (nSPS) is 14.5. The van der Waals surface area contributed by atoms with Gasteiger partial charge in [0.15, 0.2) is 17.5 Å². The molecule has 0 saturated carbocycles. The molecule has 0 fully saturated rings. The van der Waals surface area contributed by atoms with Crippen molar-refractivity contribution in [2.24, 2.45) is 0 Å². The van der Waals surface area contributed by atoms with Gasteiger partial charge in [-0.25, -0.2) is 15.0 Å². The standard InChI is InChI=1S/C45H28N4/c1-3-15-29(16-4-1)43-46-44(30-17-5-2-6-18-30)48-45(47-43)39-27-37-33-21-9-7-19-31(33)32-20-8-10-22-34(32)38(37)28-42(39)49-40-25-13-11-23-35(40)36-24-12-14-26-41(36)49/h1-28H/i1D,2D,3D,4D,5D,6D,15D,16D,17D,18D. The van der Waals surface area contributed by atoms with E-state index < -0.39 is 60.4 Å². The summed E-state index contributed by atoms with van der Waals surface area (Å²) >= 11 is 0. The molecule has 0 unspecified atom stereocenters. The van der Waals surface area contributed by atoms with Gasteiger partial charge in [0.1, 0.15) is 0 Å². The van der Waals surface area contributed by atoms with E-state index in [0.29, 0.717) is 11.3 Å². The minimum absolute atomic E-state index is 0.0142. The van der Waals surface area contributed by atoms with E-state index in [1.54, 1.807) is 0 Å². The van der Waals surface area contributed by atoms with Crippen LogP contribution in [0.1, 0.15) is 13.7 Å². The summed E-state index contributed by atoms with van der Waals surface area (Å²) < 4.78 is 88.0. The number of hydrogen-bond donors (Lipinski definition) is 0. The van der Waals surface area contributed by atoms with Crippen LogP contribution in [0.25, 0.3) is 94.0 Å². The van der Waals surface area contributed by atoms with E-state index in [9.17, 15) is 0 Å². The topological polar surface area (TPSA) is 43.6 Å². The van der Waals surface area contributed by atoms with Crippen LogP contribution in [-0.4, -0.2) is 19.5 Å². The van der Waals surface area contributed by atoms with Gasteiger partial charge in [-0.15, -0.1) is 0 Å². The molecule has 228 valence electrons. The zero-order valence-electron chi connectivity index (χ0n) is 35.7. The first-order valence-corrected chi connectivity index (χ1v) is 15.7. The Hall–Kier alpha value is -6.65. The van der Waals surface area contributed by atoms with Crippen LogP contribution in [0.3, 0.4) is 0 Å². The van der Waals surface area contributed by atoms with Crippen molar-refractivity contribution >= 4 is 54.1 Å². The van der Waals surface area contributed by atoms with Crippen molar-refractivity contribution in [3.63, 3.8) is 0 Å². The molecule has 0 atom stereocenters. The lowest BCUT2D eigenvalue weighted by Crippen LogP contribution is -2.04. The molecule has 0 aliphatic carbocycles. The van der Waals surface area contributed by atoms with Crippen LogP contribution in [0.2, 0.25) is 0 Å². The third-order valence-corrected chi connectivity index (χ3v) is 9.01. The summed E-state index contributed by atoms with van der Waals surface area (Å²) in [4.78, 5) is 14.3. The van der Waals surface area contributed by atoms with Gasteiger partial charge in [0.2, 0.25) is 0 Å². The zero-order valence-corrected chi connectivity index (χ0v) is 25.7. The predicted molar refractivity (Wildman–Crippen MR) is 203 cm³/mol. The largest absolute Gasteiger partial charge is 0.308 e. The summed E-state index contributed by atoms with van der Waals surface area (Å²) in [5.74, 6) is -0.671. The van der Waals surface area contributed by atoms with Gasteiger partial charge in [0.05, 0.1) is 30.4 Å². The fourth-order valence-corrected chi connectivity index (χ4v) is 6.93. The summed E-state index contributed by atoms with van der Waals surface area (Å²) in [6.45, 7) is 0. The molecule has 10 rings (SSSR count). The maximum atomic E-state index is 8.88. The highest BCUT2D eigenvalue weighted by atomic mass is 15.1. The third kappa shape index (κ3) is 4.35. The van der Waals surface area contributed by atoms with Crippen molar-refractivity contribution in [3.05, 3.63) is 170 Å². The van der Waals surface area contributed by atoms with Crippen molar-refractivity contribution in [1.82, 2.24) is 19.5 Å². The quantitative estimate of drug-likeness (QED) is 0.181. The molecule has 0 aliphatic heterocycles. The monoisotopic (exact) mass is 634 g/mol. The number of fused-ring (bicyclic) bond motifs is 9. The summed E-state index contributed by atoms with van der Waals surface area (Å²) in [6, 6.07) is 30.4. The Morgan fingerprint density at radius 3 is 1.27 bits per heavy atom. The molecule has 8 aromatic carbocycles. The van der Waals surface area contributed by atoms with Crippen molar-refractivity contribution in [2.75, 3.05) is 0 Å². The second-order valence-corrected chi connectivity index (χ2v) is 11.7. The van der Waals surface area contributed by atoms with Gasteiger partial charge < -0.3 is 4.57 Å². The molecule has 0 aliphatic rings. The first-order valence-electron chi connectivity index (χ1n) is 20.7. The van der Waals surface area contributed by atoms with Crippen LogP contribution in [0.4, 0.5) is 0 Å². The Morgan fingerprint density at radius 2 is 0.776 bits per heavy atom. The number of nitrogens with zero attached hydrogens (tertiary/aromatic N) is 4. The summed E-state index contributed by atoms with van der Waals surface area (Å²) in [6.07, 6.45) is 0. The number of para-hydroxylation sites is 2. The van der Waals surface area contributed by atoms with Gasteiger partial charge in [-0.05, 0) is 56.6 Å². The average molecular weight is 635 g/mol. The van der Waals surface area contributed by atoms with E-state index in [4.69, 9.17) is 23.7 Å². The molecule has 49 heavy (non-hydrogen) atoms. The van der Waals surface area contributed by atoms with E-state index in [2.05, 4.69) is 33.8 Å². The molecule has 0 bridgehead atoms. The number of hydrogen-bond acceptors (Lipinski definition) is 3. The van der Waals surface area contributed by atoms with Gasteiger partial charge in [0.25, 0.3) is 0 Å². The smallest absolute Gasteiger partial charge is 0.166 e. The Labute approximate surface area is 296 Å². The Morgan fingerprint density at radius 1 is 0.388 bits per heavy atom. The van der Waals surface area contributed by atoms with Gasteiger partial charge in [-0.2, -0.15) is 0 Å². The van der Waals surface area contributed by atoms with Crippen LogP contribution in [0.15, 0.2) is 170 Å². The second kappa shape index (κ2) is 11.0. The molecular formula is C45H28N4. The van der Waals surface area contributed by atoms with Crippen LogP contribution in [0, 0.1) is 0 Å². The van der Waals surface area contributed by atoms with Crippen LogP contribution < -0.4 is 0 Å². The molecule has 0 saturated heterocycles. The van der Waals surface area contributed by atoms with Gasteiger partial charge in [0, 0.05) is 27.5 Å². The van der Waals surface area contributed by atoms with E-state index in [-0.39, 0.29) is 28.6 Å². The molecule has 4 nitrogen and oxygen atoms in total. The van der Waals surface area contributed by atoms with Crippen molar-refractivity contribution in [2.45, 2.75) is 0 Å². The molecule has 0 radical (unpaired) electrons. The maximum absolute atomic E-state index is 8.88. The molecular weight excluding hydrogens is 597 g/mol. The van der Waals surface area contributed by atoms with Gasteiger partial charge in [-0.3, -0.25) is 0 Å². The van der Waals surface area contributed by atoms with Crippen molar-refractivity contribution in [3.8, 4) is 39.9 Å². The summed E-state index contributed by atoms with van der Waals surface area (Å²) in [7, 11) is 0. The van der Waals surface area contributed by atoms with Gasteiger partial charge >= 0.3 is 0 Å². The highest BCUT2D eigenvalue weighted by molar-refractivity contribution is 6.26. The minimum Gasteiger partial charge on any atom is -0.308 e. The minimum atomic E-state index is -0.609. The first-order chi connectivity index (χ1) is 28.5. The van der Waals surface area contributed by atoms with E-state index >= 15 is 0 Å². The van der Waals surface area contributed by atoms with Crippen LogP contribution >= 0.6 is 0 Å². The fourth-order valence-electron chi connectivity index (χ4n) is 6.93. The molecule has 0 spiro atoms. The molecule has 2 aromatic heterocycles. The first kappa shape index (κ1) is 19.2. The average Bonchev–Trinajstić information content (AvgIpc) is 3.60. The molecule has 4 heteroatoms. The lowest BCUT2D eigenvalue weighted by Gasteiger charge is -2.18. The molecule has 0 N–H and O–H groups in total. The highest BCUT2D eigenvalue weighted by Crippen LogP contribution is 2.42. The predicted octanol–water partition coefficient (Wildman–Crippen LogP) is 11.4. The van der Waals surface area contributed by atoms with Crippen molar-refractivity contribution < 1.29 is 13.7 Å². The lowest BCUT2D eigenvalue weighted by atomic mass is 9.92. The Bertz CT molecular complexity index is 3270. The second-order valence-electron chi connectivity index (χ2n) is 11.7. The maximum Gasteiger partial charge on any atom is 0.166 e. The Kier molecular flexibility index (Phi) is 4.31. The number of rotatable bonds is 4. The molecule has 0 amide bonds.